The van der Waals surface area contributed by atoms with Crippen LogP contribution in [0.5, 0.6) is 0 Å². The van der Waals surface area contributed by atoms with E-state index >= 15 is 0 Å². The Bertz CT molecular complexity index is 517. The minimum atomic E-state index is -0.713. The quantitative estimate of drug-likeness (QED) is 0.639. The van der Waals surface area contributed by atoms with Crippen LogP contribution < -0.4 is 4.90 Å². The fourth-order valence-electron chi connectivity index (χ4n) is 1.94. The first-order chi connectivity index (χ1) is 9.04. The Balaban J connectivity index is 2.34. The molecule has 0 aliphatic heterocycles. The van der Waals surface area contributed by atoms with Crippen LogP contribution in [0.15, 0.2) is 6.07 Å². The van der Waals surface area contributed by atoms with Crippen molar-refractivity contribution >= 4 is 22.0 Å². The van der Waals surface area contributed by atoms with Gasteiger partial charge in [-0.3, -0.25) is 10.1 Å². The molecule has 0 aromatic carbocycles. The monoisotopic (exact) mass is 281 g/mol. The molecule has 1 saturated carbocycles. The number of anilines is 1. The predicted molar refractivity (Wildman–Crippen MR) is 72.2 cm³/mol. The van der Waals surface area contributed by atoms with Gasteiger partial charge in [0.15, 0.2) is 5.00 Å². The standard InChI is InChI=1S/C12H15N3O3S/c1-8(16)11-7-10(15(17)18)12(19-11)14(6-2-5-13)9-3-4-9/h7-9,16H,2-4,6H2,1H3/t8-/m1/s1. The van der Waals surface area contributed by atoms with Gasteiger partial charge in [-0.05, 0) is 19.8 Å². The second-order valence-corrected chi connectivity index (χ2v) is 5.67. The Hall–Kier alpha value is -1.65. The molecule has 1 aromatic rings. The average Bonchev–Trinajstić information content (AvgIpc) is 3.07. The second-order valence-electron chi connectivity index (χ2n) is 4.60. The highest BCUT2D eigenvalue weighted by Crippen LogP contribution is 2.44. The first-order valence-electron chi connectivity index (χ1n) is 6.14. The van der Waals surface area contributed by atoms with Crippen molar-refractivity contribution in [2.75, 3.05) is 11.4 Å². The molecular formula is C12H15N3O3S. The van der Waals surface area contributed by atoms with Crippen molar-refractivity contribution in [2.24, 2.45) is 0 Å². The lowest BCUT2D eigenvalue weighted by atomic mass is 10.3. The highest BCUT2D eigenvalue weighted by Gasteiger charge is 2.34. The zero-order chi connectivity index (χ0) is 14.0. The molecule has 0 saturated heterocycles. The van der Waals surface area contributed by atoms with Crippen LogP contribution in [0.25, 0.3) is 0 Å². The Morgan fingerprint density at radius 1 is 1.74 bits per heavy atom. The number of nitro groups is 1. The molecule has 7 heteroatoms. The maximum absolute atomic E-state index is 11.1. The summed E-state index contributed by atoms with van der Waals surface area (Å²) in [5, 5.41) is 29.9. The summed E-state index contributed by atoms with van der Waals surface area (Å²) in [7, 11) is 0. The summed E-state index contributed by atoms with van der Waals surface area (Å²) in [6.07, 6.45) is 1.64. The number of thiophene rings is 1. The van der Waals surface area contributed by atoms with Crippen LogP contribution in [0.2, 0.25) is 0 Å². The molecule has 102 valence electrons. The molecule has 1 aliphatic rings. The van der Waals surface area contributed by atoms with Gasteiger partial charge in [-0.2, -0.15) is 5.26 Å². The molecule has 0 unspecified atom stereocenters. The highest BCUT2D eigenvalue weighted by atomic mass is 32.1. The van der Waals surface area contributed by atoms with E-state index in [9.17, 15) is 15.2 Å². The minimum absolute atomic E-state index is 0.0331. The first kappa shape index (κ1) is 13.8. The van der Waals surface area contributed by atoms with Crippen molar-refractivity contribution < 1.29 is 10.0 Å². The molecule has 6 nitrogen and oxygen atoms in total. The van der Waals surface area contributed by atoms with Gasteiger partial charge >= 0.3 is 5.69 Å². The van der Waals surface area contributed by atoms with Crippen LogP contribution in [-0.4, -0.2) is 22.6 Å². The van der Waals surface area contributed by atoms with Crippen molar-refractivity contribution in [3.05, 3.63) is 21.1 Å². The molecule has 0 spiro atoms. The summed E-state index contributed by atoms with van der Waals surface area (Å²) in [5.41, 5.74) is 0.0331. The molecule has 1 fully saturated rings. The molecule has 0 bridgehead atoms. The molecule has 2 rings (SSSR count). The molecule has 1 aliphatic carbocycles. The third-order valence-corrected chi connectivity index (χ3v) is 4.37. The Kier molecular flexibility index (Phi) is 4.02. The van der Waals surface area contributed by atoms with Gasteiger partial charge in [-0.15, -0.1) is 11.3 Å². The zero-order valence-electron chi connectivity index (χ0n) is 10.6. The topological polar surface area (TPSA) is 90.4 Å². The van der Waals surface area contributed by atoms with E-state index in [0.717, 1.165) is 12.8 Å². The Morgan fingerprint density at radius 2 is 2.42 bits per heavy atom. The molecule has 1 atom stereocenters. The summed E-state index contributed by atoms with van der Waals surface area (Å²) >= 11 is 1.25. The number of nitriles is 1. The molecule has 0 amide bonds. The maximum Gasteiger partial charge on any atom is 0.304 e. The number of hydrogen-bond donors (Lipinski definition) is 1. The lowest BCUT2D eigenvalue weighted by molar-refractivity contribution is -0.383. The van der Waals surface area contributed by atoms with Gasteiger partial charge in [0.1, 0.15) is 0 Å². The van der Waals surface area contributed by atoms with E-state index in [4.69, 9.17) is 5.26 Å². The van der Waals surface area contributed by atoms with E-state index in [-0.39, 0.29) is 5.69 Å². The van der Waals surface area contributed by atoms with Crippen LogP contribution >= 0.6 is 11.3 Å². The molecule has 1 aromatic heterocycles. The molecule has 19 heavy (non-hydrogen) atoms. The minimum Gasteiger partial charge on any atom is -0.388 e. The summed E-state index contributed by atoms with van der Waals surface area (Å²) in [4.78, 5) is 13.2. The van der Waals surface area contributed by atoms with Gasteiger partial charge < -0.3 is 10.0 Å². The Labute approximate surface area is 115 Å². The van der Waals surface area contributed by atoms with E-state index in [1.807, 2.05) is 4.90 Å². The largest absolute Gasteiger partial charge is 0.388 e. The molecular weight excluding hydrogens is 266 g/mol. The highest BCUT2D eigenvalue weighted by molar-refractivity contribution is 7.16. The van der Waals surface area contributed by atoms with E-state index in [0.29, 0.717) is 28.9 Å². The van der Waals surface area contributed by atoms with Crippen molar-refractivity contribution in [1.29, 1.82) is 5.26 Å². The smallest absolute Gasteiger partial charge is 0.304 e. The van der Waals surface area contributed by atoms with E-state index < -0.39 is 11.0 Å². The van der Waals surface area contributed by atoms with Crippen LogP contribution in [0, 0.1) is 21.4 Å². The lowest BCUT2D eigenvalue weighted by Gasteiger charge is -2.20. The van der Waals surface area contributed by atoms with E-state index in [1.165, 1.54) is 17.4 Å². The normalized spacial score (nSPS) is 15.8. The fraction of sp³-hybridized carbons (Fsp3) is 0.583. The number of rotatable bonds is 6. The van der Waals surface area contributed by atoms with Crippen molar-refractivity contribution in [1.82, 2.24) is 0 Å². The summed E-state index contributed by atoms with van der Waals surface area (Å²) in [6.45, 7) is 2.10. The van der Waals surface area contributed by atoms with Gasteiger partial charge in [-0.1, -0.05) is 0 Å². The van der Waals surface area contributed by atoms with Crippen molar-refractivity contribution in [3.8, 4) is 6.07 Å². The number of aliphatic hydroxyl groups excluding tert-OH is 1. The molecule has 0 radical (unpaired) electrons. The first-order valence-corrected chi connectivity index (χ1v) is 6.96. The van der Waals surface area contributed by atoms with E-state index in [1.54, 1.807) is 6.92 Å². The van der Waals surface area contributed by atoms with Crippen molar-refractivity contribution in [3.63, 3.8) is 0 Å². The number of hydrogen-bond acceptors (Lipinski definition) is 6. The van der Waals surface area contributed by atoms with Gasteiger partial charge in [0, 0.05) is 23.5 Å². The lowest BCUT2D eigenvalue weighted by Crippen LogP contribution is -2.26. The maximum atomic E-state index is 11.1. The van der Waals surface area contributed by atoms with Crippen LogP contribution in [0.1, 0.15) is 37.2 Å². The van der Waals surface area contributed by atoms with Gasteiger partial charge in [0.25, 0.3) is 0 Å². The van der Waals surface area contributed by atoms with Crippen LogP contribution in [-0.2, 0) is 0 Å². The van der Waals surface area contributed by atoms with Gasteiger partial charge in [0.2, 0.25) is 0 Å². The second kappa shape index (κ2) is 5.55. The summed E-state index contributed by atoms with van der Waals surface area (Å²) in [5.74, 6) is 0. The predicted octanol–water partition coefficient (Wildman–Crippen LogP) is 2.59. The third kappa shape index (κ3) is 3.03. The fourth-order valence-corrected chi connectivity index (χ4v) is 3.10. The SMILES string of the molecule is C[C@@H](O)c1cc([N+](=O)[O-])c(N(CCC#N)C2CC2)s1. The van der Waals surface area contributed by atoms with Crippen LogP contribution in [0.3, 0.4) is 0 Å². The zero-order valence-corrected chi connectivity index (χ0v) is 11.4. The third-order valence-electron chi connectivity index (χ3n) is 3.03. The summed E-state index contributed by atoms with van der Waals surface area (Å²) in [6, 6.07) is 3.81. The van der Waals surface area contributed by atoms with Gasteiger partial charge in [-0.25, -0.2) is 0 Å². The number of aliphatic hydroxyl groups is 1. The number of nitrogens with zero attached hydrogens (tertiary/aromatic N) is 3. The van der Waals surface area contributed by atoms with Crippen LogP contribution in [0.4, 0.5) is 10.7 Å². The van der Waals surface area contributed by atoms with Crippen molar-refractivity contribution in [2.45, 2.75) is 38.3 Å². The summed E-state index contributed by atoms with van der Waals surface area (Å²) < 4.78 is 0. The Morgan fingerprint density at radius 3 is 2.89 bits per heavy atom. The van der Waals surface area contributed by atoms with E-state index in [2.05, 4.69) is 6.07 Å². The average molecular weight is 281 g/mol. The van der Waals surface area contributed by atoms with Gasteiger partial charge in [0.05, 0.1) is 23.5 Å². The molecule has 1 N–H and O–H groups in total. The molecule has 1 heterocycles.